The van der Waals surface area contributed by atoms with Gasteiger partial charge in [-0.3, -0.25) is 4.79 Å². The van der Waals surface area contributed by atoms with Crippen molar-refractivity contribution in [2.45, 2.75) is 43.4 Å². The molecule has 1 saturated carbocycles. The third kappa shape index (κ3) is 5.28. The Kier molecular flexibility index (Phi) is 6.76. The normalized spacial score (nSPS) is 13.9. The molecule has 2 aromatic heterocycles. The van der Waals surface area contributed by atoms with Gasteiger partial charge in [0, 0.05) is 19.6 Å². The molecule has 2 heterocycles. The zero-order valence-corrected chi connectivity index (χ0v) is 18.8. The van der Waals surface area contributed by atoms with Gasteiger partial charge in [0.05, 0.1) is 43.6 Å². The highest BCUT2D eigenvalue weighted by molar-refractivity contribution is 7.90. The Bertz CT molecular complexity index is 1140. The summed E-state index contributed by atoms with van der Waals surface area (Å²) in [7, 11) is -2.13. The highest BCUT2D eigenvalue weighted by atomic mass is 32.2. The topological polar surface area (TPSA) is 94.6 Å². The summed E-state index contributed by atoms with van der Waals surface area (Å²) in [5, 5.41) is -0.00905. The van der Waals surface area contributed by atoms with Gasteiger partial charge in [-0.25, -0.2) is 13.4 Å². The van der Waals surface area contributed by atoms with Gasteiger partial charge in [0.25, 0.3) is 0 Å². The van der Waals surface area contributed by atoms with Crippen LogP contribution in [0, 0.1) is 5.92 Å². The average Bonchev–Trinajstić information content (AvgIpc) is 3.35. The number of nitrogens with zero attached hydrogens (tertiary/aromatic N) is 3. The van der Waals surface area contributed by atoms with Crippen molar-refractivity contribution >= 4 is 15.7 Å². The number of hydrogen-bond donors (Lipinski definition) is 0. The number of imidazole rings is 1. The summed E-state index contributed by atoms with van der Waals surface area (Å²) in [4.78, 5) is 18.9. The molecule has 0 spiro atoms. The minimum absolute atomic E-state index is 0.00905. The Hall–Kier alpha value is -2.91. The first-order valence-corrected chi connectivity index (χ1v) is 12.2. The Balaban J connectivity index is 1.62. The van der Waals surface area contributed by atoms with Crippen molar-refractivity contribution in [3.63, 3.8) is 0 Å². The first-order chi connectivity index (χ1) is 15.5. The summed E-state index contributed by atoms with van der Waals surface area (Å²) in [6.45, 7) is 1.21. The molecule has 0 unspecified atom stereocenters. The van der Waals surface area contributed by atoms with Crippen LogP contribution in [-0.4, -0.2) is 42.5 Å². The number of benzene rings is 1. The number of carbonyl (C=O) groups is 1. The summed E-state index contributed by atoms with van der Waals surface area (Å²) < 4.78 is 38.6. The molecule has 0 saturated heterocycles. The number of aromatic nitrogens is 2. The Morgan fingerprint density at radius 2 is 1.97 bits per heavy atom. The van der Waals surface area contributed by atoms with E-state index in [0.29, 0.717) is 36.7 Å². The second-order valence-corrected chi connectivity index (χ2v) is 9.85. The number of hydrogen-bond acceptors (Lipinski definition) is 6. The SMILES string of the molecule is COCCn1c(CN(Cc2ccco2)C(=O)C2CC2)cnc1S(=O)(=O)Cc1ccccc1. The number of amides is 1. The molecule has 0 bridgehead atoms. The Morgan fingerprint density at radius 1 is 1.19 bits per heavy atom. The van der Waals surface area contributed by atoms with Crippen LogP contribution in [0.3, 0.4) is 0 Å². The number of sulfone groups is 1. The Morgan fingerprint density at radius 3 is 2.62 bits per heavy atom. The second kappa shape index (κ2) is 9.70. The summed E-state index contributed by atoms with van der Waals surface area (Å²) in [5.41, 5.74) is 1.34. The summed E-state index contributed by atoms with van der Waals surface area (Å²) in [5.74, 6) is 0.615. The minimum Gasteiger partial charge on any atom is -0.467 e. The molecule has 170 valence electrons. The lowest BCUT2D eigenvalue weighted by Crippen LogP contribution is -2.32. The van der Waals surface area contributed by atoms with E-state index in [1.54, 1.807) is 47.2 Å². The van der Waals surface area contributed by atoms with Crippen molar-refractivity contribution in [1.29, 1.82) is 0 Å². The number of furan rings is 1. The van der Waals surface area contributed by atoms with E-state index < -0.39 is 9.84 Å². The largest absolute Gasteiger partial charge is 0.467 e. The van der Waals surface area contributed by atoms with Crippen molar-refractivity contribution in [3.8, 4) is 0 Å². The van der Waals surface area contributed by atoms with Crippen LogP contribution in [0.4, 0.5) is 0 Å². The third-order valence-electron chi connectivity index (χ3n) is 5.42. The van der Waals surface area contributed by atoms with Gasteiger partial charge in [0.15, 0.2) is 0 Å². The fourth-order valence-electron chi connectivity index (χ4n) is 3.63. The average molecular weight is 458 g/mol. The van der Waals surface area contributed by atoms with Crippen LogP contribution in [0.25, 0.3) is 0 Å². The molecule has 9 heteroatoms. The molecule has 0 radical (unpaired) electrons. The monoisotopic (exact) mass is 457 g/mol. The lowest BCUT2D eigenvalue weighted by molar-refractivity contribution is -0.134. The maximum Gasteiger partial charge on any atom is 0.228 e. The van der Waals surface area contributed by atoms with Gasteiger partial charge in [-0.1, -0.05) is 30.3 Å². The lowest BCUT2D eigenvalue weighted by Gasteiger charge is -2.23. The first-order valence-electron chi connectivity index (χ1n) is 10.6. The molecule has 1 fully saturated rings. The van der Waals surface area contributed by atoms with Gasteiger partial charge in [-0.2, -0.15) is 0 Å². The van der Waals surface area contributed by atoms with Crippen LogP contribution >= 0.6 is 0 Å². The zero-order chi connectivity index (χ0) is 22.6. The molecule has 1 aliphatic carbocycles. The molecule has 1 amide bonds. The van der Waals surface area contributed by atoms with Crippen molar-refractivity contribution < 1.29 is 22.4 Å². The van der Waals surface area contributed by atoms with E-state index in [9.17, 15) is 13.2 Å². The van der Waals surface area contributed by atoms with Gasteiger partial charge in [0.1, 0.15) is 5.76 Å². The maximum atomic E-state index is 13.2. The van der Waals surface area contributed by atoms with Crippen LogP contribution in [0.1, 0.15) is 29.9 Å². The van der Waals surface area contributed by atoms with Crippen molar-refractivity contribution in [1.82, 2.24) is 14.5 Å². The first kappa shape index (κ1) is 22.3. The molecule has 1 aliphatic rings. The third-order valence-corrected chi connectivity index (χ3v) is 7.01. The van der Waals surface area contributed by atoms with E-state index >= 15 is 0 Å². The van der Waals surface area contributed by atoms with E-state index in [-0.39, 0.29) is 29.3 Å². The van der Waals surface area contributed by atoms with Gasteiger partial charge < -0.3 is 18.6 Å². The summed E-state index contributed by atoms with van der Waals surface area (Å²) in [6, 6.07) is 12.6. The standard InChI is InChI=1S/C23H27N3O5S/c1-30-13-11-26-20(14-24-23(26)32(28,29)17-18-6-3-2-4-7-18)15-25(22(27)19-9-10-19)16-21-8-5-12-31-21/h2-8,12,14,19H,9-11,13,15-17H2,1H3. The van der Waals surface area contributed by atoms with Crippen LogP contribution < -0.4 is 0 Å². The molecule has 3 aromatic rings. The smallest absolute Gasteiger partial charge is 0.228 e. The van der Waals surface area contributed by atoms with E-state index in [2.05, 4.69) is 4.98 Å². The van der Waals surface area contributed by atoms with E-state index in [1.165, 1.54) is 0 Å². The van der Waals surface area contributed by atoms with E-state index in [1.807, 2.05) is 24.3 Å². The minimum atomic E-state index is -3.69. The van der Waals surface area contributed by atoms with Crippen molar-refractivity contribution in [2.75, 3.05) is 13.7 Å². The molecule has 8 nitrogen and oxygen atoms in total. The molecular formula is C23H27N3O5S. The highest BCUT2D eigenvalue weighted by Gasteiger charge is 2.34. The molecule has 0 N–H and O–H groups in total. The van der Waals surface area contributed by atoms with Gasteiger partial charge in [0.2, 0.25) is 20.9 Å². The predicted molar refractivity (Wildman–Crippen MR) is 117 cm³/mol. The van der Waals surface area contributed by atoms with Gasteiger partial charge in [-0.05, 0) is 30.5 Å². The van der Waals surface area contributed by atoms with Gasteiger partial charge >= 0.3 is 0 Å². The van der Waals surface area contributed by atoms with Crippen LogP contribution in [0.5, 0.6) is 0 Å². The van der Waals surface area contributed by atoms with Crippen LogP contribution in [-0.2, 0) is 44.8 Å². The molecule has 4 rings (SSSR count). The number of methoxy groups -OCH3 is 1. The molecule has 32 heavy (non-hydrogen) atoms. The second-order valence-electron chi connectivity index (χ2n) is 7.97. The Labute approximate surface area is 187 Å². The summed E-state index contributed by atoms with van der Waals surface area (Å²) >= 11 is 0. The zero-order valence-electron chi connectivity index (χ0n) is 18.0. The molecule has 1 aromatic carbocycles. The predicted octanol–water partition coefficient (Wildman–Crippen LogP) is 3.04. The number of ether oxygens (including phenoxy) is 1. The van der Waals surface area contributed by atoms with Crippen molar-refractivity contribution in [3.05, 3.63) is 71.9 Å². The maximum absolute atomic E-state index is 13.2. The lowest BCUT2D eigenvalue weighted by atomic mass is 10.2. The van der Waals surface area contributed by atoms with E-state index in [4.69, 9.17) is 9.15 Å². The fourth-order valence-corrected chi connectivity index (χ4v) is 5.15. The van der Waals surface area contributed by atoms with Crippen molar-refractivity contribution in [2.24, 2.45) is 5.92 Å². The number of carbonyl (C=O) groups excluding carboxylic acids is 1. The molecular weight excluding hydrogens is 430 g/mol. The number of rotatable bonds is 11. The summed E-state index contributed by atoms with van der Waals surface area (Å²) in [6.07, 6.45) is 4.88. The van der Waals surface area contributed by atoms with Crippen LogP contribution in [0.2, 0.25) is 0 Å². The molecule has 0 aliphatic heterocycles. The van der Waals surface area contributed by atoms with Crippen LogP contribution in [0.15, 0.2) is 64.5 Å². The van der Waals surface area contributed by atoms with E-state index in [0.717, 1.165) is 12.8 Å². The highest BCUT2D eigenvalue weighted by Crippen LogP contribution is 2.32. The van der Waals surface area contributed by atoms with Gasteiger partial charge in [-0.15, -0.1) is 0 Å². The fraction of sp³-hybridized carbons (Fsp3) is 0.391. The molecule has 0 atom stereocenters. The quantitative estimate of drug-likeness (QED) is 0.439.